The predicted octanol–water partition coefficient (Wildman–Crippen LogP) is 1.65. The molecule has 7 heteroatoms. The first-order valence-electron chi connectivity index (χ1n) is 8.18. The van der Waals surface area contributed by atoms with Gasteiger partial charge in [0.15, 0.2) is 0 Å². The summed E-state index contributed by atoms with van der Waals surface area (Å²) in [7, 11) is 0. The van der Waals surface area contributed by atoms with Gasteiger partial charge in [0.25, 0.3) is 5.91 Å². The molecule has 0 unspecified atom stereocenters. The summed E-state index contributed by atoms with van der Waals surface area (Å²) in [6, 6.07) is 8.62. The molecular weight excluding hydrogens is 318 g/mol. The lowest BCUT2D eigenvalue weighted by Gasteiger charge is -2.32. The summed E-state index contributed by atoms with van der Waals surface area (Å²) in [6.45, 7) is 0.631. The fourth-order valence-electron chi connectivity index (χ4n) is 3.11. The van der Waals surface area contributed by atoms with Crippen molar-refractivity contribution in [2.75, 3.05) is 11.4 Å². The Morgan fingerprint density at radius 2 is 2.12 bits per heavy atom. The highest BCUT2D eigenvalue weighted by molar-refractivity contribution is 6.02. The standard InChI is InChI=1S/C18H17N5O2/c24-17(15-12-20-16-7-1-2-9-23(15)16)21-14-6-4-10-22(18(14)25)13-5-3-8-19-11-13/h1-3,5,7-9,11-12,14H,4,6,10H2,(H,21,24)/t14-/m1/s1. The van der Waals surface area contributed by atoms with E-state index in [4.69, 9.17) is 0 Å². The number of pyridine rings is 2. The van der Waals surface area contributed by atoms with Gasteiger partial charge in [-0.15, -0.1) is 0 Å². The van der Waals surface area contributed by atoms with Crippen molar-refractivity contribution in [3.8, 4) is 0 Å². The minimum atomic E-state index is -0.546. The Bertz CT molecular complexity index is 921. The van der Waals surface area contributed by atoms with Crippen molar-refractivity contribution < 1.29 is 9.59 Å². The van der Waals surface area contributed by atoms with Crippen LogP contribution in [0, 0.1) is 0 Å². The number of anilines is 1. The van der Waals surface area contributed by atoms with Crippen LogP contribution in [-0.2, 0) is 4.79 Å². The highest BCUT2D eigenvalue weighted by Crippen LogP contribution is 2.20. The molecule has 25 heavy (non-hydrogen) atoms. The maximum atomic E-state index is 12.8. The molecule has 3 aromatic heterocycles. The summed E-state index contributed by atoms with van der Waals surface area (Å²) in [6.07, 6.45) is 8.07. The lowest BCUT2D eigenvalue weighted by Crippen LogP contribution is -2.52. The minimum Gasteiger partial charge on any atom is -0.339 e. The van der Waals surface area contributed by atoms with Crippen molar-refractivity contribution in [2.24, 2.45) is 0 Å². The van der Waals surface area contributed by atoms with Crippen LogP contribution < -0.4 is 10.2 Å². The third-order valence-electron chi connectivity index (χ3n) is 4.35. The zero-order chi connectivity index (χ0) is 17.2. The number of piperidine rings is 1. The van der Waals surface area contributed by atoms with Crippen LogP contribution in [0.4, 0.5) is 5.69 Å². The van der Waals surface area contributed by atoms with Crippen molar-refractivity contribution in [2.45, 2.75) is 18.9 Å². The van der Waals surface area contributed by atoms with E-state index in [1.54, 1.807) is 34.0 Å². The van der Waals surface area contributed by atoms with Crippen LogP contribution in [0.3, 0.4) is 0 Å². The Labute approximate surface area is 144 Å². The number of amides is 2. The fourth-order valence-corrected chi connectivity index (χ4v) is 3.11. The van der Waals surface area contributed by atoms with Crippen molar-refractivity contribution >= 4 is 23.1 Å². The Morgan fingerprint density at radius 1 is 1.20 bits per heavy atom. The molecule has 4 heterocycles. The number of nitrogens with one attached hydrogen (secondary N) is 1. The summed E-state index contributed by atoms with van der Waals surface area (Å²) in [5.74, 6) is -0.411. The number of carbonyl (C=O) groups excluding carboxylic acids is 2. The molecule has 0 bridgehead atoms. The largest absolute Gasteiger partial charge is 0.339 e. The molecule has 7 nitrogen and oxygen atoms in total. The summed E-state index contributed by atoms with van der Waals surface area (Å²) >= 11 is 0. The van der Waals surface area contributed by atoms with E-state index in [0.717, 1.165) is 12.1 Å². The molecule has 126 valence electrons. The summed E-state index contributed by atoms with van der Waals surface area (Å²) in [4.78, 5) is 35.3. The van der Waals surface area contributed by atoms with Crippen molar-refractivity contribution in [1.82, 2.24) is 19.7 Å². The van der Waals surface area contributed by atoms with Gasteiger partial charge in [-0.05, 0) is 37.1 Å². The lowest BCUT2D eigenvalue weighted by molar-refractivity contribution is -0.121. The smallest absolute Gasteiger partial charge is 0.270 e. The van der Waals surface area contributed by atoms with Gasteiger partial charge >= 0.3 is 0 Å². The molecule has 4 rings (SSSR count). The van der Waals surface area contributed by atoms with E-state index in [1.165, 1.54) is 6.20 Å². The highest BCUT2D eigenvalue weighted by Gasteiger charge is 2.31. The quantitative estimate of drug-likeness (QED) is 0.789. The molecule has 0 radical (unpaired) electrons. The maximum Gasteiger partial charge on any atom is 0.270 e. The Morgan fingerprint density at radius 3 is 2.96 bits per heavy atom. The molecular formula is C18H17N5O2. The first kappa shape index (κ1) is 15.3. The van der Waals surface area contributed by atoms with E-state index in [2.05, 4.69) is 15.3 Å². The van der Waals surface area contributed by atoms with E-state index < -0.39 is 6.04 Å². The van der Waals surface area contributed by atoms with Crippen molar-refractivity contribution in [3.63, 3.8) is 0 Å². The van der Waals surface area contributed by atoms with Gasteiger partial charge in [0, 0.05) is 18.9 Å². The maximum absolute atomic E-state index is 12.8. The van der Waals surface area contributed by atoms with Gasteiger partial charge in [0.1, 0.15) is 17.4 Å². The average molecular weight is 335 g/mol. The fraction of sp³-hybridized carbons (Fsp3) is 0.222. The number of hydrogen-bond donors (Lipinski definition) is 1. The zero-order valence-electron chi connectivity index (χ0n) is 13.5. The molecule has 0 spiro atoms. The number of nitrogens with zero attached hydrogens (tertiary/aromatic N) is 4. The first-order chi connectivity index (χ1) is 12.2. The van der Waals surface area contributed by atoms with Gasteiger partial charge in [0.2, 0.25) is 5.91 Å². The Hall–Kier alpha value is -3.22. The van der Waals surface area contributed by atoms with Crippen LogP contribution in [-0.4, -0.2) is 38.8 Å². The van der Waals surface area contributed by atoms with Gasteiger partial charge in [-0.1, -0.05) is 6.07 Å². The normalized spacial score (nSPS) is 17.7. The minimum absolute atomic E-state index is 0.110. The van der Waals surface area contributed by atoms with Crippen LogP contribution in [0.1, 0.15) is 23.3 Å². The first-order valence-corrected chi connectivity index (χ1v) is 8.18. The number of carbonyl (C=O) groups is 2. The third-order valence-corrected chi connectivity index (χ3v) is 4.35. The van der Waals surface area contributed by atoms with E-state index in [9.17, 15) is 9.59 Å². The SMILES string of the molecule is O=C(N[C@@H]1CCCN(c2cccnc2)C1=O)c1cnc2ccccn12. The topological polar surface area (TPSA) is 79.6 Å². The second kappa shape index (κ2) is 6.35. The predicted molar refractivity (Wildman–Crippen MR) is 92.3 cm³/mol. The number of imidazole rings is 1. The third kappa shape index (κ3) is 2.84. The second-order valence-corrected chi connectivity index (χ2v) is 5.94. The molecule has 1 aliphatic heterocycles. The zero-order valence-corrected chi connectivity index (χ0v) is 13.5. The van der Waals surface area contributed by atoms with E-state index >= 15 is 0 Å². The van der Waals surface area contributed by atoms with E-state index in [0.29, 0.717) is 24.3 Å². The van der Waals surface area contributed by atoms with Crippen molar-refractivity contribution in [1.29, 1.82) is 0 Å². The molecule has 1 aliphatic rings. The number of hydrogen-bond acceptors (Lipinski definition) is 4. The van der Waals surface area contributed by atoms with Crippen LogP contribution in [0.2, 0.25) is 0 Å². The van der Waals surface area contributed by atoms with Crippen LogP contribution in [0.5, 0.6) is 0 Å². The van der Waals surface area contributed by atoms with Crippen LogP contribution in [0.15, 0.2) is 55.1 Å². The van der Waals surface area contributed by atoms with E-state index in [-0.39, 0.29) is 11.8 Å². The molecule has 0 saturated carbocycles. The molecule has 1 N–H and O–H groups in total. The van der Waals surface area contributed by atoms with Crippen LogP contribution >= 0.6 is 0 Å². The monoisotopic (exact) mass is 335 g/mol. The summed E-state index contributed by atoms with van der Waals surface area (Å²) in [5.41, 5.74) is 1.86. The molecule has 3 aromatic rings. The molecule has 0 aliphatic carbocycles. The molecule has 1 saturated heterocycles. The van der Waals surface area contributed by atoms with Gasteiger partial charge in [0.05, 0.1) is 18.1 Å². The van der Waals surface area contributed by atoms with Gasteiger partial charge < -0.3 is 10.2 Å². The van der Waals surface area contributed by atoms with Gasteiger partial charge in [-0.2, -0.15) is 0 Å². The molecule has 1 fully saturated rings. The molecule has 0 aromatic carbocycles. The van der Waals surface area contributed by atoms with Gasteiger partial charge in [-0.25, -0.2) is 4.98 Å². The van der Waals surface area contributed by atoms with E-state index in [1.807, 2.05) is 24.3 Å². The Kier molecular flexibility index (Phi) is 3.89. The van der Waals surface area contributed by atoms with Gasteiger partial charge in [-0.3, -0.25) is 19.0 Å². The average Bonchev–Trinajstić information content (AvgIpc) is 3.08. The lowest BCUT2D eigenvalue weighted by atomic mass is 10.0. The Balaban J connectivity index is 1.54. The number of fused-ring (bicyclic) bond motifs is 1. The molecule has 2 amide bonds. The second-order valence-electron chi connectivity index (χ2n) is 5.94. The number of rotatable bonds is 3. The summed E-state index contributed by atoms with van der Waals surface area (Å²) in [5, 5.41) is 2.85. The molecule has 1 atom stereocenters. The highest BCUT2D eigenvalue weighted by atomic mass is 16.2. The van der Waals surface area contributed by atoms with Crippen LogP contribution in [0.25, 0.3) is 5.65 Å². The van der Waals surface area contributed by atoms with Crippen molar-refractivity contribution in [3.05, 3.63) is 60.8 Å². The summed E-state index contributed by atoms with van der Waals surface area (Å²) < 4.78 is 1.71. The number of aromatic nitrogens is 3.